The van der Waals surface area contributed by atoms with Crippen LogP contribution in [0.3, 0.4) is 0 Å². The first-order chi connectivity index (χ1) is 7.95. The predicted octanol–water partition coefficient (Wildman–Crippen LogP) is 4.29. The van der Waals surface area contributed by atoms with Crippen molar-refractivity contribution < 1.29 is 0 Å². The van der Waals surface area contributed by atoms with Gasteiger partial charge >= 0.3 is 0 Å². The second-order valence-electron chi connectivity index (χ2n) is 6.05. The molecule has 0 saturated carbocycles. The highest BCUT2D eigenvalue weighted by Gasteiger charge is 2.21. The minimum absolute atomic E-state index is 0.246. The molecule has 1 aliphatic heterocycles. The lowest BCUT2D eigenvalue weighted by molar-refractivity contribution is 0.590. The first-order valence-corrected chi connectivity index (χ1v) is 7.49. The van der Waals surface area contributed by atoms with Crippen molar-refractivity contribution in [1.82, 2.24) is 0 Å². The summed E-state index contributed by atoms with van der Waals surface area (Å²) >= 11 is 2.07. The number of hydrogen-bond acceptors (Lipinski definition) is 2. The summed E-state index contributed by atoms with van der Waals surface area (Å²) in [6, 6.07) is 9.57. The zero-order chi connectivity index (χ0) is 12.5. The number of benzene rings is 1. The zero-order valence-electron chi connectivity index (χ0n) is 11.3. The van der Waals surface area contributed by atoms with Gasteiger partial charge in [-0.1, -0.05) is 39.8 Å². The van der Waals surface area contributed by atoms with Gasteiger partial charge < -0.3 is 5.32 Å². The molecule has 0 radical (unpaired) electrons. The highest BCUT2D eigenvalue weighted by molar-refractivity contribution is 8.00. The van der Waals surface area contributed by atoms with Crippen LogP contribution in [0.5, 0.6) is 0 Å². The summed E-state index contributed by atoms with van der Waals surface area (Å²) in [6.07, 6.45) is 1.28. The van der Waals surface area contributed by atoms with E-state index < -0.39 is 0 Å². The molecule has 0 amide bonds. The molecule has 1 saturated heterocycles. The van der Waals surface area contributed by atoms with Crippen molar-refractivity contribution in [1.29, 1.82) is 0 Å². The quantitative estimate of drug-likeness (QED) is 0.839. The molecule has 2 rings (SSSR count). The van der Waals surface area contributed by atoms with Gasteiger partial charge in [0.15, 0.2) is 0 Å². The van der Waals surface area contributed by atoms with Crippen LogP contribution < -0.4 is 5.32 Å². The standard InChI is InChI=1S/C15H23NS/c1-11-9-14(10-17-11)16-13-7-5-12(6-8-13)15(2,3)4/h5-8,11,14,16H,9-10H2,1-4H3. The van der Waals surface area contributed by atoms with Crippen LogP contribution in [0, 0.1) is 0 Å². The van der Waals surface area contributed by atoms with E-state index in [1.54, 1.807) is 0 Å². The van der Waals surface area contributed by atoms with Crippen LogP contribution in [0.2, 0.25) is 0 Å². The van der Waals surface area contributed by atoms with E-state index in [0.717, 1.165) is 5.25 Å². The average Bonchev–Trinajstić information content (AvgIpc) is 2.63. The molecule has 0 bridgehead atoms. The number of anilines is 1. The minimum Gasteiger partial charge on any atom is -0.381 e. The smallest absolute Gasteiger partial charge is 0.0362 e. The second kappa shape index (κ2) is 4.93. The molecule has 0 aliphatic carbocycles. The number of nitrogens with one attached hydrogen (secondary N) is 1. The first-order valence-electron chi connectivity index (χ1n) is 6.44. The van der Waals surface area contributed by atoms with Crippen molar-refractivity contribution in [2.24, 2.45) is 0 Å². The van der Waals surface area contributed by atoms with Gasteiger partial charge in [-0.2, -0.15) is 11.8 Å². The van der Waals surface area contributed by atoms with Gasteiger partial charge in [0.25, 0.3) is 0 Å². The van der Waals surface area contributed by atoms with Crippen molar-refractivity contribution in [3.05, 3.63) is 29.8 Å². The molecule has 1 aromatic rings. The Bertz CT molecular complexity index is 364. The van der Waals surface area contributed by atoms with Crippen molar-refractivity contribution >= 4 is 17.4 Å². The molecule has 1 nitrogen and oxygen atoms in total. The van der Waals surface area contributed by atoms with Crippen LogP contribution in [-0.2, 0) is 5.41 Å². The third-order valence-electron chi connectivity index (χ3n) is 3.32. The van der Waals surface area contributed by atoms with Gasteiger partial charge in [0.1, 0.15) is 0 Å². The molecule has 1 aliphatic rings. The SMILES string of the molecule is CC1CC(Nc2ccc(C(C)(C)C)cc2)CS1. The molecular formula is C15H23NS. The zero-order valence-corrected chi connectivity index (χ0v) is 12.1. The van der Waals surface area contributed by atoms with E-state index in [4.69, 9.17) is 0 Å². The summed E-state index contributed by atoms with van der Waals surface area (Å²) in [5.41, 5.74) is 2.91. The van der Waals surface area contributed by atoms with Crippen molar-refractivity contribution in [3.8, 4) is 0 Å². The Labute approximate surface area is 109 Å². The Morgan fingerprint density at radius 1 is 1.18 bits per heavy atom. The molecule has 94 valence electrons. The van der Waals surface area contributed by atoms with Gasteiger partial charge in [0.2, 0.25) is 0 Å². The Morgan fingerprint density at radius 3 is 2.29 bits per heavy atom. The molecule has 0 spiro atoms. The Hall–Kier alpha value is -0.630. The second-order valence-corrected chi connectivity index (χ2v) is 7.52. The highest BCUT2D eigenvalue weighted by atomic mass is 32.2. The third-order valence-corrected chi connectivity index (χ3v) is 4.68. The summed E-state index contributed by atoms with van der Waals surface area (Å²) in [5.74, 6) is 1.24. The molecule has 2 heteroatoms. The summed E-state index contributed by atoms with van der Waals surface area (Å²) in [6.45, 7) is 9.08. The summed E-state index contributed by atoms with van der Waals surface area (Å²) in [4.78, 5) is 0. The van der Waals surface area contributed by atoms with E-state index >= 15 is 0 Å². The molecule has 17 heavy (non-hydrogen) atoms. The van der Waals surface area contributed by atoms with E-state index in [-0.39, 0.29) is 5.41 Å². The van der Waals surface area contributed by atoms with Gasteiger partial charge in [-0.25, -0.2) is 0 Å². The van der Waals surface area contributed by atoms with Crippen molar-refractivity contribution in [2.75, 3.05) is 11.1 Å². The molecule has 1 heterocycles. The maximum Gasteiger partial charge on any atom is 0.0362 e. The van der Waals surface area contributed by atoms with E-state index in [9.17, 15) is 0 Å². The van der Waals surface area contributed by atoms with Crippen LogP contribution in [0.4, 0.5) is 5.69 Å². The third kappa shape index (κ3) is 3.41. The molecule has 2 atom stereocenters. The summed E-state index contributed by atoms with van der Waals surface area (Å²) in [5, 5.41) is 4.44. The van der Waals surface area contributed by atoms with E-state index in [1.807, 2.05) is 0 Å². The van der Waals surface area contributed by atoms with Crippen LogP contribution in [0.1, 0.15) is 39.7 Å². The van der Waals surface area contributed by atoms with Crippen molar-refractivity contribution in [2.45, 2.75) is 50.8 Å². The summed E-state index contributed by atoms with van der Waals surface area (Å²) in [7, 11) is 0. The monoisotopic (exact) mass is 249 g/mol. The van der Waals surface area contributed by atoms with Crippen molar-refractivity contribution in [3.63, 3.8) is 0 Å². The van der Waals surface area contributed by atoms with E-state index in [0.29, 0.717) is 6.04 Å². The number of thioether (sulfide) groups is 1. The highest BCUT2D eigenvalue weighted by Crippen LogP contribution is 2.29. The normalized spacial score (nSPS) is 24.9. The molecule has 1 N–H and O–H groups in total. The fraction of sp³-hybridized carbons (Fsp3) is 0.600. The number of hydrogen-bond donors (Lipinski definition) is 1. The molecular weight excluding hydrogens is 226 g/mol. The van der Waals surface area contributed by atoms with Crippen LogP contribution >= 0.6 is 11.8 Å². The lowest BCUT2D eigenvalue weighted by Crippen LogP contribution is -2.19. The van der Waals surface area contributed by atoms with E-state index in [1.165, 1.54) is 23.4 Å². The molecule has 1 fully saturated rings. The van der Waals surface area contributed by atoms with Gasteiger partial charge in [-0.15, -0.1) is 0 Å². The van der Waals surface area contributed by atoms with Gasteiger partial charge in [-0.3, -0.25) is 0 Å². The average molecular weight is 249 g/mol. The Morgan fingerprint density at radius 2 is 1.82 bits per heavy atom. The lowest BCUT2D eigenvalue weighted by Gasteiger charge is -2.20. The maximum absolute atomic E-state index is 3.63. The molecule has 0 aromatic heterocycles. The van der Waals surface area contributed by atoms with Gasteiger partial charge in [0.05, 0.1) is 0 Å². The Balaban J connectivity index is 1.99. The van der Waals surface area contributed by atoms with Crippen LogP contribution in [0.15, 0.2) is 24.3 Å². The fourth-order valence-corrected chi connectivity index (χ4v) is 3.37. The maximum atomic E-state index is 3.63. The molecule has 2 unspecified atom stereocenters. The largest absolute Gasteiger partial charge is 0.381 e. The summed E-state index contributed by atoms with van der Waals surface area (Å²) < 4.78 is 0. The topological polar surface area (TPSA) is 12.0 Å². The Kier molecular flexibility index (Phi) is 3.72. The predicted molar refractivity (Wildman–Crippen MR) is 79.1 cm³/mol. The van der Waals surface area contributed by atoms with Gasteiger partial charge in [0, 0.05) is 22.7 Å². The van der Waals surface area contributed by atoms with Crippen LogP contribution in [-0.4, -0.2) is 17.0 Å². The first kappa shape index (κ1) is 12.8. The van der Waals surface area contributed by atoms with E-state index in [2.05, 4.69) is 69.0 Å². The minimum atomic E-state index is 0.246. The fourth-order valence-electron chi connectivity index (χ4n) is 2.22. The number of rotatable bonds is 2. The lowest BCUT2D eigenvalue weighted by atomic mass is 9.87. The van der Waals surface area contributed by atoms with Gasteiger partial charge in [-0.05, 0) is 29.5 Å². The molecule has 1 aromatic carbocycles. The van der Waals surface area contributed by atoms with Crippen LogP contribution in [0.25, 0.3) is 0 Å².